The molecule has 1 N–H and O–H groups in total. The molecule has 0 heterocycles. The predicted molar refractivity (Wildman–Crippen MR) is 84.9 cm³/mol. The lowest BCUT2D eigenvalue weighted by molar-refractivity contribution is -0.123. The molecule has 2 aromatic carbocycles. The molecule has 0 fully saturated rings. The number of para-hydroxylation sites is 1. The molecule has 0 aliphatic carbocycles. The molecule has 0 saturated heterocycles. The topological polar surface area (TPSA) is 38.3 Å². The van der Waals surface area contributed by atoms with Gasteiger partial charge in [-0.3, -0.25) is 4.79 Å². The van der Waals surface area contributed by atoms with Crippen molar-refractivity contribution in [1.82, 2.24) is 5.32 Å². The van der Waals surface area contributed by atoms with E-state index in [1.807, 2.05) is 0 Å². The van der Waals surface area contributed by atoms with Crippen molar-refractivity contribution in [2.45, 2.75) is 13.0 Å². The Balaban J connectivity index is 1.93. The van der Waals surface area contributed by atoms with E-state index >= 15 is 0 Å². The third-order valence-electron chi connectivity index (χ3n) is 3.00. The van der Waals surface area contributed by atoms with Gasteiger partial charge in [-0.05, 0) is 36.8 Å². The minimum absolute atomic E-state index is 0.174. The monoisotopic (exact) mass is 341 g/mol. The maximum atomic E-state index is 13.0. The first-order valence-electron chi connectivity index (χ1n) is 6.59. The van der Waals surface area contributed by atoms with Crippen molar-refractivity contribution in [3.8, 4) is 5.75 Å². The standard InChI is InChI=1S/C16H14Cl2FNO2/c1-10(12-7-6-11(19)8-14(12)18)20-16(21)9-22-15-5-3-2-4-13(15)17/h2-8,10H,9H2,1H3,(H,20,21). The minimum Gasteiger partial charge on any atom is -0.482 e. The van der Waals surface area contributed by atoms with E-state index in [0.717, 1.165) is 0 Å². The van der Waals surface area contributed by atoms with Gasteiger partial charge in [0.2, 0.25) is 0 Å². The number of amides is 1. The van der Waals surface area contributed by atoms with Crippen LogP contribution in [-0.2, 0) is 4.79 Å². The quantitative estimate of drug-likeness (QED) is 0.875. The first kappa shape index (κ1) is 16.6. The second kappa shape index (κ2) is 7.47. The number of halogens is 3. The fraction of sp³-hybridized carbons (Fsp3) is 0.188. The summed E-state index contributed by atoms with van der Waals surface area (Å²) in [5, 5.41) is 3.43. The summed E-state index contributed by atoms with van der Waals surface area (Å²) >= 11 is 11.9. The number of rotatable bonds is 5. The van der Waals surface area contributed by atoms with Crippen LogP contribution in [0, 0.1) is 5.82 Å². The lowest BCUT2D eigenvalue weighted by atomic mass is 10.1. The molecular formula is C16H14Cl2FNO2. The van der Waals surface area contributed by atoms with E-state index in [1.54, 1.807) is 31.2 Å². The molecule has 1 amide bonds. The smallest absolute Gasteiger partial charge is 0.258 e. The first-order chi connectivity index (χ1) is 10.5. The summed E-state index contributed by atoms with van der Waals surface area (Å²) in [7, 11) is 0. The summed E-state index contributed by atoms with van der Waals surface area (Å²) in [6, 6.07) is 10.6. The van der Waals surface area contributed by atoms with Crippen molar-refractivity contribution in [1.29, 1.82) is 0 Å². The van der Waals surface area contributed by atoms with Crippen LogP contribution in [-0.4, -0.2) is 12.5 Å². The third-order valence-corrected chi connectivity index (χ3v) is 3.64. The highest BCUT2D eigenvalue weighted by Gasteiger charge is 2.14. The Morgan fingerprint density at radius 1 is 1.23 bits per heavy atom. The highest BCUT2D eigenvalue weighted by Crippen LogP contribution is 2.24. The number of hydrogen-bond donors (Lipinski definition) is 1. The van der Waals surface area contributed by atoms with Gasteiger partial charge in [-0.15, -0.1) is 0 Å². The molecule has 0 aliphatic heterocycles. The van der Waals surface area contributed by atoms with Gasteiger partial charge in [0.15, 0.2) is 6.61 Å². The summed E-state index contributed by atoms with van der Waals surface area (Å²) in [6.07, 6.45) is 0. The normalized spacial score (nSPS) is 11.8. The molecule has 2 aromatic rings. The van der Waals surface area contributed by atoms with Crippen LogP contribution in [0.5, 0.6) is 5.75 Å². The van der Waals surface area contributed by atoms with Crippen LogP contribution in [0.2, 0.25) is 10.0 Å². The van der Waals surface area contributed by atoms with Gasteiger partial charge in [-0.25, -0.2) is 4.39 Å². The molecule has 0 spiro atoms. The number of benzene rings is 2. The van der Waals surface area contributed by atoms with Gasteiger partial charge in [-0.1, -0.05) is 41.4 Å². The SMILES string of the molecule is CC(NC(=O)COc1ccccc1Cl)c1ccc(F)cc1Cl. The molecule has 3 nitrogen and oxygen atoms in total. The van der Waals surface area contributed by atoms with Gasteiger partial charge in [0.05, 0.1) is 11.1 Å². The van der Waals surface area contributed by atoms with E-state index in [0.29, 0.717) is 16.3 Å². The van der Waals surface area contributed by atoms with Crippen LogP contribution in [0.1, 0.15) is 18.5 Å². The molecule has 0 aromatic heterocycles. The van der Waals surface area contributed by atoms with Gasteiger partial charge in [0.25, 0.3) is 5.91 Å². The van der Waals surface area contributed by atoms with E-state index in [9.17, 15) is 9.18 Å². The van der Waals surface area contributed by atoms with Crippen LogP contribution in [0.25, 0.3) is 0 Å². The number of carbonyl (C=O) groups excluding carboxylic acids is 1. The van der Waals surface area contributed by atoms with E-state index < -0.39 is 5.82 Å². The van der Waals surface area contributed by atoms with Gasteiger partial charge < -0.3 is 10.1 Å². The van der Waals surface area contributed by atoms with Crippen LogP contribution < -0.4 is 10.1 Å². The molecule has 0 aliphatic rings. The molecule has 0 bridgehead atoms. The number of carbonyl (C=O) groups is 1. The van der Waals surface area contributed by atoms with E-state index in [-0.39, 0.29) is 23.6 Å². The lowest BCUT2D eigenvalue weighted by Crippen LogP contribution is -2.31. The molecular weight excluding hydrogens is 328 g/mol. The summed E-state index contributed by atoms with van der Waals surface area (Å²) in [6.45, 7) is 1.58. The second-order valence-electron chi connectivity index (χ2n) is 4.67. The molecule has 0 saturated carbocycles. The minimum atomic E-state index is -0.422. The summed E-state index contributed by atoms with van der Waals surface area (Å²) in [5.74, 6) is -0.311. The Labute approximate surface area is 138 Å². The van der Waals surface area contributed by atoms with E-state index in [4.69, 9.17) is 27.9 Å². The Hall–Kier alpha value is -1.78. The summed E-state index contributed by atoms with van der Waals surface area (Å²) in [5.41, 5.74) is 0.633. The van der Waals surface area contributed by atoms with E-state index in [2.05, 4.69) is 5.32 Å². The average Bonchev–Trinajstić information content (AvgIpc) is 2.46. The maximum absolute atomic E-state index is 13.0. The van der Waals surface area contributed by atoms with E-state index in [1.165, 1.54) is 18.2 Å². The Morgan fingerprint density at radius 2 is 1.95 bits per heavy atom. The largest absolute Gasteiger partial charge is 0.482 e. The maximum Gasteiger partial charge on any atom is 0.258 e. The Kier molecular flexibility index (Phi) is 5.63. The zero-order valence-corrected chi connectivity index (χ0v) is 13.3. The Bertz CT molecular complexity index is 679. The molecule has 2 rings (SSSR count). The number of ether oxygens (including phenoxy) is 1. The molecule has 116 valence electrons. The first-order valence-corrected chi connectivity index (χ1v) is 7.34. The third kappa shape index (κ3) is 4.36. The highest BCUT2D eigenvalue weighted by atomic mass is 35.5. The number of nitrogens with one attached hydrogen (secondary N) is 1. The zero-order chi connectivity index (χ0) is 16.1. The van der Waals surface area contributed by atoms with Crippen molar-refractivity contribution in [2.75, 3.05) is 6.61 Å². The highest BCUT2D eigenvalue weighted by molar-refractivity contribution is 6.32. The van der Waals surface area contributed by atoms with Crippen molar-refractivity contribution in [3.63, 3.8) is 0 Å². The van der Waals surface area contributed by atoms with Gasteiger partial charge in [0.1, 0.15) is 11.6 Å². The molecule has 22 heavy (non-hydrogen) atoms. The Morgan fingerprint density at radius 3 is 2.64 bits per heavy atom. The van der Waals surface area contributed by atoms with Gasteiger partial charge in [-0.2, -0.15) is 0 Å². The zero-order valence-electron chi connectivity index (χ0n) is 11.8. The van der Waals surface area contributed by atoms with Crippen molar-refractivity contribution in [2.24, 2.45) is 0 Å². The van der Waals surface area contributed by atoms with Crippen molar-refractivity contribution in [3.05, 3.63) is 63.9 Å². The summed E-state index contributed by atoms with van der Waals surface area (Å²) < 4.78 is 18.4. The van der Waals surface area contributed by atoms with Crippen LogP contribution in [0.3, 0.4) is 0 Å². The molecule has 6 heteroatoms. The average molecular weight is 342 g/mol. The fourth-order valence-electron chi connectivity index (χ4n) is 1.92. The molecule has 0 radical (unpaired) electrons. The molecule has 1 unspecified atom stereocenters. The van der Waals surface area contributed by atoms with Gasteiger partial charge >= 0.3 is 0 Å². The lowest BCUT2D eigenvalue weighted by Gasteiger charge is -2.16. The fourth-order valence-corrected chi connectivity index (χ4v) is 2.44. The van der Waals surface area contributed by atoms with Crippen molar-refractivity contribution < 1.29 is 13.9 Å². The van der Waals surface area contributed by atoms with Gasteiger partial charge in [0, 0.05) is 5.02 Å². The van der Waals surface area contributed by atoms with Crippen LogP contribution in [0.15, 0.2) is 42.5 Å². The van der Waals surface area contributed by atoms with Crippen molar-refractivity contribution >= 4 is 29.1 Å². The second-order valence-corrected chi connectivity index (χ2v) is 5.49. The number of hydrogen-bond acceptors (Lipinski definition) is 2. The summed E-state index contributed by atoms with van der Waals surface area (Å²) in [4.78, 5) is 11.9. The van der Waals surface area contributed by atoms with Crippen LogP contribution in [0.4, 0.5) is 4.39 Å². The van der Waals surface area contributed by atoms with Crippen LogP contribution >= 0.6 is 23.2 Å². The predicted octanol–water partition coefficient (Wildman–Crippen LogP) is 4.39. The molecule has 1 atom stereocenters.